The third-order valence-electron chi connectivity index (χ3n) is 2.66. The summed E-state index contributed by atoms with van der Waals surface area (Å²) in [5.74, 6) is 0.449. The lowest BCUT2D eigenvalue weighted by Crippen LogP contribution is -3.61. The van der Waals surface area contributed by atoms with E-state index in [0.29, 0.717) is 17.1 Å². The molecular weight excluding hydrogens is 371 g/mol. The summed E-state index contributed by atoms with van der Waals surface area (Å²) in [4.78, 5) is 11.2. The number of carboxylic acids is 1. The number of methoxy groups -OCH3 is 2. The lowest BCUT2D eigenvalue weighted by molar-refractivity contribution is -0.597. The number of hydrogen-bond acceptors (Lipinski definition) is 3. The number of carbonyl (C=O) groups is 1. The maximum Gasteiger partial charge on any atom is 0.359 e. The SMILES string of the molecule is COc1ccc([I+]c2ccccc2C(=O)O)cc1OC. The van der Waals surface area contributed by atoms with Crippen LogP contribution in [-0.2, 0) is 0 Å². The second-order valence-electron chi connectivity index (χ2n) is 3.88. The number of hydrogen-bond donors (Lipinski definition) is 1. The Kier molecular flexibility index (Phi) is 4.84. The molecule has 0 saturated carbocycles. The average Bonchev–Trinajstić information content (AvgIpc) is 2.47. The zero-order valence-electron chi connectivity index (χ0n) is 11.1. The van der Waals surface area contributed by atoms with E-state index in [9.17, 15) is 9.90 Å². The van der Waals surface area contributed by atoms with Gasteiger partial charge in [0.25, 0.3) is 0 Å². The average molecular weight is 385 g/mol. The Labute approximate surface area is 127 Å². The van der Waals surface area contributed by atoms with Gasteiger partial charge in [0.2, 0.25) is 3.57 Å². The Morgan fingerprint density at radius 2 is 1.75 bits per heavy atom. The molecule has 0 aliphatic rings. The fraction of sp³-hybridized carbons (Fsp3) is 0.133. The fourth-order valence-corrected chi connectivity index (χ4v) is 4.26. The van der Waals surface area contributed by atoms with Gasteiger partial charge in [-0.05, 0) is 24.3 Å². The minimum absolute atomic E-state index is 0.370. The first-order chi connectivity index (χ1) is 9.65. The summed E-state index contributed by atoms with van der Waals surface area (Å²) in [6.45, 7) is 0. The summed E-state index contributed by atoms with van der Waals surface area (Å²) in [7, 11) is 3.18. The number of ether oxygens (including phenoxy) is 2. The molecule has 0 atom stereocenters. The molecule has 0 aliphatic carbocycles. The first-order valence-corrected chi connectivity index (χ1v) is 8.00. The molecule has 2 aromatic carbocycles. The monoisotopic (exact) mass is 385 g/mol. The molecule has 1 N–H and O–H groups in total. The summed E-state index contributed by atoms with van der Waals surface area (Å²) in [6.07, 6.45) is 0. The van der Waals surface area contributed by atoms with E-state index in [1.54, 1.807) is 26.4 Å². The summed E-state index contributed by atoms with van der Waals surface area (Å²) in [5.41, 5.74) is 0.370. The van der Waals surface area contributed by atoms with Crippen molar-refractivity contribution in [1.82, 2.24) is 0 Å². The van der Waals surface area contributed by atoms with Crippen LogP contribution in [0.3, 0.4) is 0 Å². The van der Waals surface area contributed by atoms with Crippen LogP contribution in [0, 0.1) is 7.14 Å². The normalized spacial score (nSPS) is 10.1. The quantitative estimate of drug-likeness (QED) is 0.708. The first kappa shape index (κ1) is 14.6. The molecule has 0 amide bonds. The molecule has 104 valence electrons. The van der Waals surface area contributed by atoms with Gasteiger partial charge in [0.1, 0.15) is 5.56 Å². The van der Waals surface area contributed by atoms with Crippen LogP contribution in [0.4, 0.5) is 0 Å². The maximum atomic E-state index is 11.2. The smallest absolute Gasteiger partial charge is 0.359 e. The van der Waals surface area contributed by atoms with E-state index < -0.39 is 27.2 Å². The fourth-order valence-electron chi connectivity index (χ4n) is 1.70. The molecule has 0 bridgehead atoms. The van der Waals surface area contributed by atoms with Crippen LogP contribution >= 0.6 is 0 Å². The Bertz CT molecular complexity index is 625. The lowest BCUT2D eigenvalue weighted by atomic mass is 10.2. The highest BCUT2D eigenvalue weighted by molar-refractivity contribution is 5.87. The van der Waals surface area contributed by atoms with Crippen LogP contribution in [0.15, 0.2) is 42.5 Å². The molecule has 0 unspecified atom stereocenters. The van der Waals surface area contributed by atoms with Gasteiger partial charge in [-0.3, -0.25) is 0 Å². The van der Waals surface area contributed by atoms with Crippen molar-refractivity contribution in [2.24, 2.45) is 0 Å². The Hall–Kier alpha value is -1.76. The predicted molar refractivity (Wildman–Crippen MR) is 70.3 cm³/mol. The van der Waals surface area contributed by atoms with Crippen molar-refractivity contribution in [1.29, 1.82) is 0 Å². The minimum atomic E-state index is -0.888. The van der Waals surface area contributed by atoms with Gasteiger partial charge >= 0.3 is 27.2 Å². The van der Waals surface area contributed by atoms with Crippen molar-refractivity contribution in [2.75, 3.05) is 14.2 Å². The highest BCUT2D eigenvalue weighted by Crippen LogP contribution is 2.24. The van der Waals surface area contributed by atoms with Crippen LogP contribution in [0.1, 0.15) is 10.4 Å². The number of aromatic carboxylic acids is 1. The van der Waals surface area contributed by atoms with Crippen LogP contribution in [0.25, 0.3) is 0 Å². The highest BCUT2D eigenvalue weighted by Gasteiger charge is 2.24. The third kappa shape index (κ3) is 3.22. The van der Waals surface area contributed by atoms with E-state index >= 15 is 0 Å². The van der Waals surface area contributed by atoms with Gasteiger partial charge in [0.15, 0.2) is 15.1 Å². The van der Waals surface area contributed by atoms with E-state index in [1.807, 2.05) is 30.3 Å². The summed E-state index contributed by atoms with van der Waals surface area (Å²) < 4.78 is 12.4. The van der Waals surface area contributed by atoms with Gasteiger partial charge in [-0.25, -0.2) is 4.79 Å². The van der Waals surface area contributed by atoms with Crippen LogP contribution in [0.5, 0.6) is 11.5 Å². The van der Waals surface area contributed by atoms with E-state index in [4.69, 9.17) is 9.47 Å². The van der Waals surface area contributed by atoms with Crippen molar-refractivity contribution in [3.63, 3.8) is 0 Å². The molecule has 0 aromatic heterocycles. The molecule has 0 heterocycles. The van der Waals surface area contributed by atoms with Gasteiger partial charge < -0.3 is 14.6 Å². The number of halogens is 1. The third-order valence-corrected chi connectivity index (χ3v) is 5.48. The molecule has 2 aromatic rings. The van der Waals surface area contributed by atoms with Crippen molar-refractivity contribution >= 4 is 5.97 Å². The molecule has 0 saturated heterocycles. The van der Waals surface area contributed by atoms with Crippen LogP contribution in [-0.4, -0.2) is 25.3 Å². The van der Waals surface area contributed by atoms with Crippen LogP contribution < -0.4 is 30.7 Å². The van der Waals surface area contributed by atoms with Gasteiger partial charge in [-0.2, -0.15) is 0 Å². The van der Waals surface area contributed by atoms with Gasteiger partial charge in [0, 0.05) is 6.07 Å². The molecular formula is C15H14IO4+. The molecule has 0 aliphatic heterocycles. The van der Waals surface area contributed by atoms with Gasteiger partial charge in [0.05, 0.1) is 14.2 Å². The van der Waals surface area contributed by atoms with Gasteiger partial charge in [-0.15, -0.1) is 0 Å². The zero-order valence-corrected chi connectivity index (χ0v) is 13.2. The summed E-state index contributed by atoms with van der Waals surface area (Å²) in [6, 6.07) is 12.8. The highest BCUT2D eigenvalue weighted by atomic mass is 127. The van der Waals surface area contributed by atoms with Crippen molar-refractivity contribution in [2.45, 2.75) is 0 Å². The molecule has 4 nitrogen and oxygen atoms in total. The van der Waals surface area contributed by atoms with Crippen molar-refractivity contribution < 1.29 is 40.6 Å². The Balaban J connectivity index is 2.33. The van der Waals surface area contributed by atoms with E-state index in [2.05, 4.69) is 0 Å². The van der Waals surface area contributed by atoms with E-state index in [-0.39, 0.29) is 0 Å². The van der Waals surface area contributed by atoms with Crippen molar-refractivity contribution in [3.8, 4) is 11.5 Å². The standard InChI is InChI=1S/C15H13IO4/c1-19-13-8-7-10(9-14(13)20-2)16-12-6-4-3-5-11(12)15(17)18/h3-9H,1-2H3/p+1. The summed E-state index contributed by atoms with van der Waals surface area (Å²) in [5, 5.41) is 9.20. The molecule has 0 spiro atoms. The molecule has 20 heavy (non-hydrogen) atoms. The molecule has 0 radical (unpaired) electrons. The number of carboxylic acid groups (broad SMARTS) is 1. The van der Waals surface area contributed by atoms with E-state index in [0.717, 1.165) is 7.14 Å². The number of rotatable bonds is 5. The second-order valence-corrected chi connectivity index (χ2v) is 6.83. The number of benzene rings is 2. The lowest BCUT2D eigenvalue weighted by Gasteiger charge is -2.05. The molecule has 0 fully saturated rings. The first-order valence-electron chi connectivity index (χ1n) is 5.85. The minimum Gasteiger partial charge on any atom is -0.493 e. The van der Waals surface area contributed by atoms with E-state index in [1.165, 1.54) is 0 Å². The topological polar surface area (TPSA) is 55.8 Å². The van der Waals surface area contributed by atoms with Crippen LogP contribution in [0.2, 0.25) is 0 Å². The molecule has 5 heteroatoms. The predicted octanol–water partition coefficient (Wildman–Crippen LogP) is -0.470. The van der Waals surface area contributed by atoms with Gasteiger partial charge in [-0.1, -0.05) is 12.1 Å². The maximum absolute atomic E-state index is 11.2. The largest absolute Gasteiger partial charge is 0.493 e. The Morgan fingerprint density at radius 3 is 2.40 bits per heavy atom. The summed E-state index contributed by atoms with van der Waals surface area (Å²) >= 11 is -0.584. The Morgan fingerprint density at radius 1 is 1.05 bits per heavy atom. The zero-order chi connectivity index (χ0) is 14.5. The van der Waals surface area contributed by atoms with Crippen molar-refractivity contribution in [3.05, 3.63) is 55.2 Å². The molecule has 2 rings (SSSR count). The second kappa shape index (κ2) is 6.60.